The minimum Gasteiger partial charge on any atom is -0.497 e. The quantitative estimate of drug-likeness (QED) is 0.186. The maximum absolute atomic E-state index is 9.40. The molecule has 1 N–H and O–H groups in total. The molecule has 0 spiro atoms. The first-order chi connectivity index (χ1) is 37.5. The molecule has 76 heavy (non-hydrogen) atoms. The molecular formula is C70H56O2S4. The molecule has 0 saturated heterocycles. The fraction of sp³-hybridized carbons (Fsp3) is 0.143. The van der Waals surface area contributed by atoms with E-state index in [1.54, 1.807) is 7.11 Å². The lowest BCUT2D eigenvalue weighted by molar-refractivity contribution is 0.281. The Morgan fingerprint density at radius 3 is 0.882 bits per heavy atom. The summed E-state index contributed by atoms with van der Waals surface area (Å²) >= 11 is 7.54. The number of benzene rings is 10. The van der Waals surface area contributed by atoms with E-state index in [0.29, 0.717) is 0 Å². The SMILES string of the molecule is COc1ccc2c(c1)Sc1cc3c(cc1C2)Sc1cc(CO)ccc1C3.c1ccc2c(c1)Cc1cc3c(cc1S2)Cc1ccccc1S3.c1ccc2c(c1)Cc1ccccc1C2.c1ccc2c(c1)Cc1ccccc1C2. The average molecular weight is 1060 g/mol. The Bertz CT molecular complexity index is 3340. The van der Waals surface area contributed by atoms with Crippen LogP contribution in [0, 0.1) is 0 Å². The Hall–Kier alpha value is -6.64. The van der Waals surface area contributed by atoms with E-state index < -0.39 is 0 Å². The van der Waals surface area contributed by atoms with E-state index in [0.717, 1.165) is 62.7 Å². The summed E-state index contributed by atoms with van der Waals surface area (Å²) in [5.41, 5.74) is 24.3. The lowest BCUT2D eigenvalue weighted by Crippen LogP contribution is -2.06. The van der Waals surface area contributed by atoms with Gasteiger partial charge in [-0.3, -0.25) is 0 Å². The molecule has 6 aliphatic rings. The first-order valence-corrected chi connectivity index (χ1v) is 29.6. The van der Waals surface area contributed by atoms with Gasteiger partial charge >= 0.3 is 0 Å². The Kier molecular flexibility index (Phi) is 14.0. The van der Waals surface area contributed by atoms with Crippen LogP contribution in [-0.4, -0.2) is 12.2 Å². The van der Waals surface area contributed by atoms with Crippen molar-refractivity contribution < 1.29 is 9.84 Å². The Balaban J connectivity index is 0.000000100. The molecule has 0 fully saturated rings. The van der Waals surface area contributed by atoms with Crippen molar-refractivity contribution in [2.45, 2.75) is 97.1 Å². The van der Waals surface area contributed by atoms with E-state index in [9.17, 15) is 5.11 Å². The van der Waals surface area contributed by atoms with E-state index in [-0.39, 0.29) is 6.61 Å². The second-order valence-electron chi connectivity index (χ2n) is 20.3. The van der Waals surface area contributed by atoms with Crippen molar-refractivity contribution in [3.05, 3.63) is 301 Å². The summed E-state index contributed by atoms with van der Waals surface area (Å²) in [5, 5.41) is 9.40. The summed E-state index contributed by atoms with van der Waals surface area (Å²) in [6.07, 6.45) is 8.47. The van der Waals surface area contributed by atoms with Gasteiger partial charge in [0.25, 0.3) is 0 Å². The van der Waals surface area contributed by atoms with Crippen molar-refractivity contribution in [1.29, 1.82) is 0 Å². The molecule has 372 valence electrons. The largest absolute Gasteiger partial charge is 0.497 e. The van der Waals surface area contributed by atoms with Crippen LogP contribution in [0.5, 0.6) is 5.75 Å². The Morgan fingerprint density at radius 1 is 0.276 bits per heavy atom. The zero-order valence-corrected chi connectivity index (χ0v) is 45.7. The molecule has 4 aliphatic heterocycles. The highest BCUT2D eigenvalue weighted by atomic mass is 32.2. The maximum atomic E-state index is 9.40. The van der Waals surface area contributed by atoms with E-state index in [4.69, 9.17) is 4.74 Å². The van der Waals surface area contributed by atoms with Gasteiger partial charge in [0.05, 0.1) is 13.7 Å². The molecule has 0 unspecified atom stereocenters. The summed E-state index contributed by atoms with van der Waals surface area (Å²) in [5.74, 6) is 0.918. The van der Waals surface area contributed by atoms with Gasteiger partial charge in [0.15, 0.2) is 0 Å². The summed E-state index contributed by atoms with van der Waals surface area (Å²) < 4.78 is 5.38. The highest BCUT2D eigenvalue weighted by molar-refractivity contribution is 8.00. The van der Waals surface area contributed by atoms with Crippen LogP contribution < -0.4 is 4.74 Å². The van der Waals surface area contributed by atoms with Crippen molar-refractivity contribution in [2.24, 2.45) is 0 Å². The monoisotopic (exact) mass is 1060 g/mol. The predicted molar refractivity (Wildman–Crippen MR) is 316 cm³/mol. The average Bonchev–Trinajstić information content (AvgIpc) is 3.47. The van der Waals surface area contributed by atoms with E-state index in [2.05, 4.69) is 194 Å². The second kappa shape index (κ2) is 21.8. The van der Waals surface area contributed by atoms with Crippen molar-refractivity contribution in [2.75, 3.05) is 7.11 Å². The van der Waals surface area contributed by atoms with Crippen LogP contribution in [0.4, 0.5) is 0 Å². The number of aliphatic hydroxyl groups excluding tert-OH is 1. The first kappa shape index (κ1) is 49.0. The molecule has 6 heteroatoms. The normalized spacial score (nSPS) is 13.9. The summed E-state index contributed by atoms with van der Waals surface area (Å²) in [4.78, 5) is 11.0. The van der Waals surface area contributed by atoms with Crippen molar-refractivity contribution >= 4 is 47.0 Å². The molecule has 10 aromatic rings. The van der Waals surface area contributed by atoms with Crippen LogP contribution in [0.2, 0.25) is 0 Å². The van der Waals surface area contributed by atoms with E-state index in [1.807, 2.05) is 59.2 Å². The molecule has 2 aliphatic carbocycles. The van der Waals surface area contributed by atoms with Crippen molar-refractivity contribution in [1.82, 2.24) is 0 Å². The third kappa shape index (κ3) is 10.3. The van der Waals surface area contributed by atoms with Gasteiger partial charge in [-0.25, -0.2) is 0 Å². The number of hydrogen-bond donors (Lipinski definition) is 1. The van der Waals surface area contributed by atoms with Gasteiger partial charge in [-0.15, -0.1) is 0 Å². The predicted octanol–water partition coefficient (Wildman–Crippen LogP) is 17.5. The fourth-order valence-corrected chi connectivity index (χ4v) is 15.9. The van der Waals surface area contributed by atoms with Crippen LogP contribution in [0.3, 0.4) is 0 Å². The summed E-state index contributed by atoms with van der Waals surface area (Å²) in [7, 11) is 1.72. The van der Waals surface area contributed by atoms with Gasteiger partial charge in [-0.05, 0) is 201 Å². The molecule has 0 amide bonds. The van der Waals surface area contributed by atoms with Gasteiger partial charge in [-0.2, -0.15) is 0 Å². The third-order valence-corrected chi connectivity index (χ3v) is 20.3. The molecule has 4 heterocycles. The van der Waals surface area contributed by atoms with Crippen molar-refractivity contribution in [3.63, 3.8) is 0 Å². The minimum absolute atomic E-state index is 0.0990. The Morgan fingerprint density at radius 2 is 0.539 bits per heavy atom. The fourth-order valence-electron chi connectivity index (χ4n) is 11.3. The van der Waals surface area contributed by atoms with E-state index in [1.165, 1.54) is 128 Å². The van der Waals surface area contributed by atoms with Crippen LogP contribution in [0.25, 0.3) is 0 Å². The smallest absolute Gasteiger partial charge is 0.120 e. The number of hydrogen-bond acceptors (Lipinski definition) is 6. The number of methoxy groups -OCH3 is 1. The number of rotatable bonds is 2. The van der Waals surface area contributed by atoms with Crippen LogP contribution in [-0.2, 0) is 58.0 Å². The van der Waals surface area contributed by atoms with E-state index >= 15 is 0 Å². The molecule has 16 rings (SSSR count). The number of ether oxygens (including phenoxy) is 1. The molecule has 0 atom stereocenters. The number of fused-ring (bicyclic) bond motifs is 12. The highest BCUT2D eigenvalue weighted by Gasteiger charge is 2.25. The maximum Gasteiger partial charge on any atom is 0.120 e. The standard InChI is InChI=1S/C22H18O2S2.C20H14S2.2C14H12/c1-24-18-5-4-15-8-17-9-20-16(10-21(17)26-22(15)11-18)7-14-3-2-13(12-23)6-19(14)25-20;1-3-7-17-13(5-1)9-15-11-20-16(12-19(15)21-17)10-14-6-2-4-8-18(14)22-20;2*1-2-6-12-10-14-8-4-3-7-13(14)9-11(12)5-1/h2-6,9-11,23H,7-8,12H2,1H3;1-8,11-12H,9-10H2;2*1-8H,9-10H2. The summed E-state index contributed by atoms with van der Waals surface area (Å²) in [6, 6.07) is 74.8. The first-order valence-electron chi connectivity index (χ1n) is 26.3. The summed E-state index contributed by atoms with van der Waals surface area (Å²) in [6.45, 7) is 0.0990. The molecule has 0 bridgehead atoms. The third-order valence-electron chi connectivity index (χ3n) is 15.4. The Labute approximate surface area is 464 Å². The van der Waals surface area contributed by atoms with Gasteiger partial charge in [-0.1, -0.05) is 199 Å². The molecule has 0 aromatic heterocycles. The van der Waals surface area contributed by atoms with Crippen LogP contribution in [0.15, 0.2) is 245 Å². The highest BCUT2D eigenvalue weighted by Crippen LogP contribution is 2.48. The minimum atomic E-state index is 0.0990. The van der Waals surface area contributed by atoms with Crippen LogP contribution >= 0.6 is 47.0 Å². The molecule has 10 aromatic carbocycles. The lowest BCUT2D eigenvalue weighted by atomic mass is 9.86. The lowest BCUT2D eigenvalue weighted by Gasteiger charge is -2.25. The van der Waals surface area contributed by atoms with Gasteiger partial charge in [0, 0.05) is 39.2 Å². The van der Waals surface area contributed by atoms with Crippen LogP contribution in [0.1, 0.15) is 94.6 Å². The second-order valence-corrected chi connectivity index (χ2v) is 24.7. The topological polar surface area (TPSA) is 29.5 Å². The van der Waals surface area contributed by atoms with Crippen molar-refractivity contribution in [3.8, 4) is 5.75 Å². The number of aliphatic hydroxyl groups is 1. The molecular weight excluding hydrogens is 1000 g/mol. The van der Waals surface area contributed by atoms with Gasteiger partial charge < -0.3 is 9.84 Å². The molecule has 0 saturated carbocycles. The molecule has 2 nitrogen and oxygen atoms in total. The van der Waals surface area contributed by atoms with Gasteiger partial charge in [0.1, 0.15) is 5.75 Å². The zero-order valence-electron chi connectivity index (χ0n) is 42.5. The zero-order chi connectivity index (χ0) is 51.0. The van der Waals surface area contributed by atoms with Gasteiger partial charge in [0.2, 0.25) is 0 Å². The molecule has 0 radical (unpaired) electrons.